The Hall–Kier alpha value is -1.30. The number of terminal acetylenes is 1. The molecule has 0 amide bonds. The molecule has 3 atom stereocenters. The molecule has 0 saturated heterocycles. The first-order valence-corrected chi connectivity index (χ1v) is 6.65. The van der Waals surface area contributed by atoms with Gasteiger partial charge in [0.1, 0.15) is 5.78 Å². The minimum absolute atomic E-state index is 0.0675. The van der Waals surface area contributed by atoms with Crippen LogP contribution in [0.2, 0.25) is 0 Å². The van der Waals surface area contributed by atoms with E-state index >= 15 is 0 Å². The van der Waals surface area contributed by atoms with Crippen LogP contribution in [0.3, 0.4) is 0 Å². The molecule has 100 valence electrons. The fraction of sp³-hybridized carbons (Fsp3) is 0.733. The maximum absolute atomic E-state index is 11.7. The Kier molecular flexibility index (Phi) is 5.91. The van der Waals surface area contributed by atoms with Crippen LogP contribution in [0.15, 0.2) is 0 Å². The van der Waals surface area contributed by atoms with Crippen molar-refractivity contribution in [3.63, 3.8) is 0 Å². The maximum Gasteiger partial charge on any atom is 0.305 e. The second kappa shape index (κ2) is 7.20. The molecule has 3 heteroatoms. The van der Waals surface area contributed by atoms with Gasteiger partial charge in [-0.2, -0.15) is 0 Å². The van der Waals surface area contributed by atoms with Crippen molar-refractivity contribution in [2.24, 2.45) is 17.8 Å². The number of carbonyl (C=O) groups excluding carboxylic acids is 2. The first kappa shape index (κ1) is 14.8. The van der Waals surface area contributed by atoms with E-state index in [0.29, 0.717) is 18.6 Å². The van der Waals surface area contributed by atoms with Gasteiger partial charge in [-0.15, -0.1) is 12.3 Å². The van der Waals surface area contributed by atoms with Crippen molar-refractivity contribution in [1.29, 1.82) is 0 Å². The fourth-order valence-corrected chi connectivity index (χ4v) is 2.77. The Labute approximate surface area is 109 Å². The van der Waals surface area contributed by atoms with Gasteiger partial charge < -0.3 is 4.74 Å². The van der Waals surface area contributed by atoms with Crippen LogP contribution in [0.1, 0.15) is 45.4 Å². The van der Waals surface area contributed by atoms with E-state index in [2.05, 4.69) is 10.7 Å². The van der Waals surface area contributed by atoms with Crippen LogP contribution in [0.4, 0.5) is 0 Å². The summed E-state index contributed by atoms with van der Waals surface area (Å²) in [5.41, 5.74) is 0. The predicted molar refractivity (Wildman–Crippen MR) is 69.7 cm³/mol. The smallest absolute Gasteiger partial charge is 0.305 e. The van der Waals surface area contributed by atoms with Gasteiger partial charge in [0.2, 0.25) is 0 Å². The minimum Gasteiger partial charge on any atom is -0.469 e. The lowest BCUT2D eigenvalue weighted by molar-refractivity contribution is -0.140. The van der Waals surface area contributed by atoms with Crippen molar-refractivity contribution in [2.45, 2.75) is 45.4 Å². The Morgan fingerprint density at radius 2 is 2.33 bits per heavy atom. The molecule has 0 unspecified atom stereocenters. The highest BCUT2D eigenvalue weighted by atomic mass is 16.5. The van der Waals surface area contributed by atoms with Crippen molar-refractivity contribution in [1.82, 2.24) is 0 Å². The van der Waals surface area contributed by atoms with E-state index in [1.807, 2.05) is 6.92 Å². The van der Waals surface area contributed by atoms with E-state index in [4.69, 9.17) is 6.42 Å². The van der Waals surface area contributed by atoms with Gasteiger partial charge in [-0.3, -0.25) is 9.59 Å². The summed E-state index contributed by atoms with van der Waals surface area (Å²) in [4.78, 5) is 22.8. The average Bonchev–Trinajstić information content (AvgIpc) is 2.38. The number of hydrogen-bond donors (Lipinski definition) is 0. The molecule has 0 aliphatic heterocycles. The largest absolute Gasteiger partial charge is 0.469 e. The van der Waals surface area contributed by atoms with E-state index in [-0.39, 0.29) is 23.7 Å². The maximum atomic E-state index is 11.7. The molecule has 0 aromatic carbocycles. The zero-order chi connectivity index (χ0) is 13.5. The third-order valence-corrected chi connectivity index (χ3v) is 3.97. The van der Waals surface area contributed by atoms with Crippen LogP contribution in [0.5, 0.6) is 0 Å². The summed E-state index contributed by atoms with van der Waals surface area (Å²) in [5, 5.41) is 0. The molecule has 18 heavy (non-hydrogen) atoms. The number of carbonyl (C=O) groups is 2. The third kappa shape index (κ3) is 3.87. The molecule has 1 aliphatic carbocycles. The van der Waals surface area contributed by atoms with Crippen LogP contribution in [0, 0.1) is 30.1 Å². The number of hydrogen-bond acceptors (Lipinski definition) is 3. The van der Waals surface area contributed by atoms with Crippen molar-refractivity contribution >= 4 is 11.8 Å². The van der Waals surface area contributed by atoms with Gasteiger partial charge in [0, 0.05) is 24.7 Å². The lowest BCUT2D eigenvalue weighted by atomic mass is 9.71. The molecule has 3 nitrogen and oxygen atoms in total. The van der Waals surface area contributed by atoms with E-state index in [9.17, 15) is 9.59 Å². The number of ether oxygens (including phenoxy) is 1. The Balaban J connectivity index is 2.47. The molecular formula is C15H22O3. The molecular weight excluding hydrogens is 228 g/mol. The summed E-state index contributed by atoms with van der Waals surface area (Å²) in [5.74, 6) is 3.41. The van der Waals surface area contributed by atoms with Crippen LogP contribution in [0.25, 0.3) is 0 Å². The van der Waals surface area contributed by atoms with Gasteiger partial charge in [-0.25, -0.2) is 0 Å². The molecule has 1 saturated carbocycles. The first-order chi connectivity index (χ1) is 8.60. The number of ketones is 1. The first-order valence-electron chi connectivity index (χ1n) is 6.65. The highest BCUT2D eigenvalue weighted by Crippen LogP contribution is 2.35. The monoisotopic (exact) mass is 250 g/mol. The minimum atomic E-state index is -0.196. The van der Waals surface area contributed by atoms with Crippen molar-refractivity contribution < 1.29 is 14.3 Å². The summed E-state index contributed by atoms with van der Waals surface area (Å²) in [6.45, 7) is 1.98. The summed E-state index contributed by atoms with van der Waals surface area (Å²) in [6.07, 6.45) is 10.2. The lowest BCUT2D eigenvalue weighted by Gasteiger charge is -2.31. The quantitative estimate of drug-likeness (QED) is 0.556. The second-order valence-electron chi connectivity index (χ2n) is 5.05. The van der Waals surface area contributed by atoms with Crippen molar-refractivity contribution in [3.05, 3.63) is 0 Å². The summed E-state index contributed by atoms with van der Waals surface area (Å²) in [7, 11) is 1.39. The molecule has 1 aliphatic rings. The predicted octanol–water partition coefficient (Wildman–Crippen LogP) is 2.58. The van der Waals surface area contributed by atoms with Crippen molar-refractivity contribution in [2.75, 3.05) is 7.11 Å². The number of methoxy groups -OCH3 is 1. The number of Topliss-reactive ketones (excluding diaryl/α,β-unsaturated/α-hetero) is 1. The lowest BCUT2D eigenvalue weighted by Crippen LogP contribution is -2.31. The summed E-state index contributed by atoms with van der Waals surface area (Å²) in [6, 6.07) is 0. The standard InChI is InChI=1S/C15H22O3/c1-4-12(7-5-10-15(17)18-3)13-8-6-9-14(16)11(13)2/h1,11-13H,5-10H2,2-3H3/t11-,12+,13-/m0/s1. The zero-order valence-corrected chi connectivity index (χ0v) is 11.3. The molecule has 0 N–H and O–H groups in total. The van der Waals surface area contributed by atoms with E-state index in [1.165, 1.54) is 7.11 Å². The highest BCUT2D eigenvalue weighted by molar-refractivity contribution is 5.81. The number of rotatable bonds is 5. The number of esters is 1. The van der Waals surface area contributed by atoms with Crippen LogP contribution >= 0.6 is 0 Å². The van der Waals surface area contributed by atoms with Gasteiger partial charge in [0.25, 0.3) is 0 Å². The summed E-state index contributed by atoms with van der Waals surface area (Å²) >= 11 is 0. The van der Waals surface area contributed by atoms with Crippen molar-refractivity contribution in [3.8, 4) is 12.3 Å². The van der Waals surface area contributed by atoms with E-state index < -0.39 is 0 Å². The second-order valence-corrected chi connectivity index (χ2v) is 5.05. The molecule has 0 spiro atoms. The normalized spacial score (nSPS) is 25.3. The Morgan fingerprint density at radius 3 is 2.94 bits per heavy atom. The van der Waals surface area contributed by atoms with Gasteiger partial charge in [0.15, 0.2) is 0 Å². The van der Waals surface area contributed by atoms with E-state index in [1.54, 1.807) is 0 Å². The Bertz CT molecular complexity index is 340. The van der Waals surface area contributed by atoms with Crippen LogP contribution in [-0.2, 0) is 14.3 Å². The SMILES string of the molecule is C#C[C@H](CCCC(=O)OC)[C@H]1CCCC(=O)[C@H]1C. The molecule has 0 aromatic heterocycles. The molecule has 0 bridgehead atoms. The van der Waals surface area contributed by atoms with Gasteiger partial charge >= 0.3 is 5.97 Å². The molecule has 0 radical (unpaired) electrons. The summed E-state index contributed by atoms with van der Waals surface area (Å²) < 4.78 is 4.60. The average molecular weight is 250 g/mol. The third-order valence-electron chi connectivity index (χ3n) is 3.97. The Morgan fingerprint density at radius 1 is 1.61 bits per heavy atom. The topological polar surface area (TPSA) is 43.4 Å². The molecule has 1 rings (SSSR count). The fourth-order valence-electron chi connectivity index (χ4n) is 2.77. The highest BCUT2D eigenvalue weighted by Gasteiger charge is 2.32. The zero-order valence-electron chi connectivity index (χ0n) is 11.3. The molecule has 1 fully saturated rings. The van der Waals surface area contributed by atoms with Crippen LogP contribution < -0.4 is 0 Å². The van der Waals surface area contributed by atoms with Gasteiger partial charge in [-0.05, 0) is 31.6 Å². The molecule has 0 heterocycles. The van der Waals surface area contributed by atoms with Crippen LogP contribution in [-0.4, -0.2) is 18.9 Å². The van der Waals surface area contributed by atoms with Gasteiger partial charge in [-0.1, -0.05) is 6.92 Å². The van der Waals surface area contributed by atoms with E-state index in [0.717, 1.165) is 25.7 Å². The molecule has 0 aromatic rings. The van der Waals surface area contributed by atoms with Gasteiger partial charge in [0.05, 0.1) is 7.11 Å².